The molecule has 4 nitrogen and oxygen atoms in total. The van der Waals surface area contributed by atoms with E-state index in [9.17, 15) is 18.4 Å². The minimum Gasteiger partial charge on any atom is -0.350 e. The molecular formula is C25H20F2N2O2. The van der Waals surface area contributed by atoms with Crippen molar-refractivity contribution < 1.29 is 18.4 Å². The Morgan fingerprint density at radius 2 is 1.42 bits per heavy atom. The topological polar surface area (TPSA) is 49.4 Å². The first-order chi connectivity index (χ1) is 14.8. The van der Waals surface area contributed by atoms with E-state index in [2.05, 4.69) is 5.32 Å². The summed E-state index contributed by atoms with van der Waals surface area (Å²) in [6, 6.07) is 16.7. The fraction of sp³-hybridized carbons (Fsp3) is 0.120. The van der Waals surface area contributed by atoms with Crippen LogP contribution in [0.25, 0.3) is 5.57 Å². The molecule has 4 rings (SSSR count). The second-order valence-corrected chi connectivity index (χ2v) is 7.45. The Labute approximate surface area is 178 Å². The molecule has 3 aromatic carbocycles. The Balaban J connectivity index is 1.76. The summed E-state index contributed by atoms with van der Waals surface area (Å²) < 4.78 is 26.7. The first-order valence-corrected chi connectivity index (χ1v) is 9.79. The van der Waals surface area contributed by atoms with Gasteiger partial charge in [-0.05, 0) is 66.4 Å². The molecule has 156 valence electrons. The van der Waals surface area contributed by atoms with Crippen molar-refractivity contribution in [3.05, 3.63) is 106 Å². The standard InChI is InChI=1S/C25H20F2N2O2/c1-15-4-3-5-21(16(15)2)28-23-22(18-8-12-20(27)13-9-18)24(30)29(25(23)31)14-17-6-10-19(26)11-7-17/h3-13,28H,14H2,1-2H3. The molecule has 3 aromatic rings. The van der Waals surface area contributed by atoms with Gasteiger partial charge in [0, 0.05) is 5.69 Å². The first-order valence-electron chi connectivity index (χ1n) is 9.79. The quantitative estimate of drug-likeness (QED) is 0.595. The second-order valence-electron chi connectivity index (χ2n) is 7.45. The Kier molecular flexibility index (Phi) is 5.38. The molecule has 0 aliphatic carbocycles. The number of anilines is 1. The van der Waals surface area contributed by atoms with Gasteiger partial charge in [0.15, 0.2) is 0 Å². The van der Waals surface area contributed by atoms with Crippen molar-refractivity contribution in [3.63, 3.8) is 0 Å². The van der Waals surface area contributed by atoms with Crippen molar-refractivity contribution in [2.45, 2.75) is 20.4 Å². The maximum absolute atomic E-state index is 13.5. The van der Waals surface area contributed by atoms with E-state index in [0.29, 0.717) is 16.8 Å². The van der Waals surface area contributed by atoms with E-state index in [1.165, 1.54) is 48.5 Å². The second kappa shape index (κ2) is 8.14. The number of rotatable bonds is 5. The molecule has 1 N–H and O–H groups in total. The van der Waals surface area contributed by atoms with Crippen LogP contribution >= 0.6 is 0 Å². The molecule has 1 aliphatic heterocycles. The summed E-state index contributed by atoms with van der Waals surface area (Å²) in [5.74, 6) is -1.82. The largest absolute Gasteiger partial charge is 0.350 e. The van der Waals surface area contributed by atoms with Crippen LogP contribution < -0.4 is 5.32 Å². The minimum absolute atomic E-state index is 0.000616. The smallest absolute Gasteiger partial charge is 0.278 e. The number of hydrogen-bond acceptors (Lipinski definition) is 3. The molecule has 0 spiro atoms. The van der Waals surface area contributed by atoms with Crippen molar-refractivity contribution >= 4 is 23.1 Å². The molecule has 0 saturated heterocycles. The summed E-state index contributed by atoms with van der Waals surface area (Å²) in [7, 11) is 0. The van der Waals surface area contributed by atoms with E-state index in [1.807, 2.05) is 32.0 Å². The highest BCUT2D eigenvalue weighted by atomic mass is 19.1. The van der Waals surface area contributed by atoms with Crippen LogP contribution in [-0.4, -0.2) is 16.7 Å². The van der Waals surface area contributed by atoms with Crippen molar-refractivity contribution in [2.24, 2.45) is 0 Å². The highest BCUT2D eigenvalue weighted by molar-refractivity contribution is 6.36. The number of carbonyl (C=O) groups excluding carboxylic acids is 2. The number of hydrogen-bond donors (Lipinski definition) is 1. The molecule has 0 atom stereocenters. The summed E-state index contributed by atoms with van der Waals surface area (Å²) in [5.41, 5.74) is 4.06. The van der Waals surface area contributed by atoms with Gasteiger partial charge in [0.05, 0.1) is 12.1 Å². The predicted molar refractivity (Wildman–Crippen MR) is 115 cm³/mol. The van der Waals surface area contributed by atoms with E-state index >= 15 is 0 Å². The van der Waals surface area contributed by atoms with E-state index in [0.717, 1.165) is 16.0 Å². The Morgan fingerprint density at radius 3 is 2.06 bits per heavy atom. The van der Waals surface area contributed by atoms with Crippen molar-refractivity contribution in [1.29, 1.82) is 0 Å². The summed E-state index contributed by atoms with van der Waals surface area (Å²) in [6.07, 6.45) is 0. The van der Waals surface area contributed by atoms with Crippen LogP contribution in [0, 0.1) is 25.5 Å². The fourth-order valence-electron chi connectivity index (χ4n) is 3.51. The van der Waals surface area contributed by atoms with Gasteiger partial charge in [-0.15, -0.1) is 0 Å². The van der Waals surface area contributed by atoms with Gasteiger partial charge in [0.1, 0.15) is 17.3 Å². The Hall–Kier alpha value is -3.80. The molecule has 0 fully saturated rings. The SMILES string of the molecule is Cc1cccc(NC2=C(c3ccc(F)cc3)C(=O)N(Cc3ccc(F)cc3)C2=O)c1C. The third-order valence-electron chi connectivity index (χ3n) is 5.42. The van der Waals surface area contributed by atoms with Gasteiger partial charge in [-0.3, -0.25) is 14.5 Å². The molecule has 1 aliphatic rings. The van der Waals surface area contributed by atoms with Crippen LogP contribution in [0.3, 0.4) is 0 Å². The lowest BCUT2D eigenvalue weighted by atomic mass is 10.0. The van der Waals surface area contributed by atoms with E-state index in [-0.39, 0.29) is 17.8 Å². The van der Waals surface area contributed by atoms with E-state index in [1.54, 1.807) is 0 Å². The Bertz CT molecular complexity index is 1200. The molecular weight excluding hydrogens is 398 g/mol. The molecule has 0 radical (unpaired) electrons. The van der Waals surface area contributed by atoms with Crippen LogP contribution in [0.2, 0.25) is 0 Å². The van der Waals surface area contributed by atoms with Crippen molar-refractivity contribution in [3.8, 4) is 0 Å². The van der Waals surface area contributed by atoms with Gasteiger partial charge in [0.2, 0.25) is 0 Å². The lowest BCUT2D eigenvalue weighted by Gasteiger charge is -2.16. The van der Waals surface area contributed by atoms with Gasteiger partial charge < -0.3 is 5.32 Å². The third kappa shape index (κ3) is 3.97. The van der Waals surface area contributed by atoms with Gasteiger partial charge in [-0.2, -0.15) is 0 Å². The highest BCUT2D eigenvalue weighted by Crippen LogP contribution is 2.32. The number of nitrogens with zero attached hydrogens (tertiary/aromatic N) is 1. The molecule has 0 unspecified atom stereocenters. The van der Waals surface area contributed by atoms with Gasteiger partial charge in [0.25, 0.3) is 11.8 Å². The van der Waals surface area contributed by atoms with Crippen LogP contribution in [0.15, 0.2) is 72.4 Å². The summed E-state index contributed by atoms with van der Waals surface area (Å²) in [6.45, 7) is 3.88. The van der Waals surface area contributed by atoms with Crippen molar-refractivity contribution in [1.82, 2.24) is 4.90 Å². The summed E-state index contributed by atoms with van der Waals surface area (Å²) >= 11 is 0. The monoisotopic (exact) mass is 418 g/mol. The molecule has 31 heavy (non-hydrogen) atoms. The van der Waals surface area contributed by atoms with Crippen LogP contribution in [-0.2, 0) is 16.1 Å². The van der Waals surface area contributed by atoms with E-state index < -0.39 is 23.4 Å². The number of aryl methyl sites for hydroxylation is 1. The van der Waals surface area contributed by atoms with Crippen LogP contribution in [0.5, 0.6) is 0 Å². The summed E-state index contributed by atoms with van der Waals surface area (Å²) in [5, 5.41) is 3.13. The number of imide groups is 1. The summed E-state index contributed by atoms with van der Waals surface area (Å²) in [4.78, 5) is 27.7. The zero-order valence-electron chi connectivity index (χ0n) is 17.1. The zero-order valence-corrected chi connectivity index (χ0v) is 17.1. The maximum atomic E-state index is 13.5. The number of nitrogens with one attached hydrogen (secondary N) is 1. The average Bonchev–Trinajstić information content (AvgIpc) is 2.98. The number of carbonyl (C=O) groups is 2. The van der Waals surface area contributed by atoms with Gasteiger partial charge in [-0.25, -0.2) is 8.78 Å². The van der Waals surface area contributed by atoms with Crippen molar-refractivity contribution in [2.75, 3.05) is 5.32 Å². The van der Waals surface area contributed by atoms with Gasteiger partial charge in [-0.1, -0.05) is 36.4 Å². The highest BCUT2D eigenvalue weighted by Gasteiger charge is 2.39. The van der Waals surface area contributed by atoms with Crippen LogP contribution in [0.4, 0.5) is 14.5 Å². The molecule has 0 saturated carbocycles. The lowest BCUT2D eigenvalue weighted by Crippen LogP contribution is -2.32. The molecule has 1 heterocycles. The number of benzene rings is 3. The van der Waals surface area contributed by atoms with E-state index in [4.69, 9.17) is 0 Å². The van der Waals surface area contributed by atoms with Crippen LogP contribution in [0.1, 0.15) is 22.3 Å². The molecule has 6 heteroatoms. The first kappa shape index (κ1) is 20.5. The zero-order chi connectivity index (χ0) is 22.1. The predicted octanol–water partition coefficient (Wildman–Crippen LogP) is 4.97. The maximum Gasteiger partial charge on any atom is 0.278 e. The van der Waals surface area contributed by atoms with Gasteiger partial charge >= 0.3 is 0 Å². The minimum atomic E-state index is -0.492. The fourth-order valence-corrected chi connectivity index (χ4v) is 3.51. The molecule has 2 amide bonds. The average molecular weight is 418 g/mol. The molecule has 0 bridgehead atoms. The number of halogens is 2. The third-order valence-corrected chi connectivity index (χ3v) is 5.42. The normalized spacial score (nSPS) is 13.9. The Morgan fingerprint density at radius 1 is 0.806 bits per heavy atom. The lowest BCUT2D eigenvalue weighted by molar-refractivity contribution is -0.137. The molecule has 0 aromatic heterocycles. The number of amides is 2.